The van der Waals surface area contributed by atoms with Gasteiger partial charge in [-0.3, -0.25) is 0 Å². The van der Waals surface area contributed by atoms with Crippen molar-refractivity contribution in [1.82, 2.24) is 4.98 Å². The van der Waals surface area contributed by atoms with Crippen molar-refractivity contribution in [2.24, 2.45) is 0 Å². The van der Waals surface area contributed by atoms with Gasteiger partial charge in [-0.15, -0.1) is 0 Å². The number of aromatic nitrogens is 1. The maximum atomic E-state index is 6.01. The van der Waals surface area contributed by atoms with Crippen molar-refractivity contribution in [3.8, 4) is 0 Å². The Morgan fingerprint density at radius 3 is 2.87 bits per heavy atom. The summed E-state index contributed by atoms with van der Waals surface area (Å²) in [4.78, 5) is 3.21. The van der Waals surface area contributed by atoms with E-state index in [0.29, 0.717) is 0 Å². The fraction of sp³-hybridized carbons (Fsp3) is 0.385. The zero-order chi connectivity index (χ0) is 10.8. The molecule has 2 rings (SSSR count). The molecule has 0 saturated heterocycles. The number of hydrogen-bond donors (Lipinski definition) is 2. The second kappa shape index (κ2) is 3.97. The van der Waals surface area contributed by atoms with E-state index in [1.807, 2.05) is 6.20 Å². The second-order valence-corrected chi connectivity index (χ2v) is 4.18. The maximum absolute atomic E-state index is 6.01. The van der Waals surface area contributed by atoms with Gasteiger partial charge in [0.05, 0.1) is 11.2 Å². The molecule has 0 atom stereocenters. The Labute approximate surface area is 90.5 Å². The Morgan fingerprint density at radius 1 is 1.33 bits per heavy atom. The van der Waals surface area contributed by atoms with E-state index in [-0.39, 0.29) is 0 Å². The molecule has 80 valence electrons. The molecule has 15 heavy (non-hydrogen) atoms. The van der Waals surface area contributed by atoms with Gasteiger partial charge in [0.1, 0.15) is 0 Å². The van der Waals surface area contributed by atoms with Crippen LogP contribution in [0.4, 0.5) is 5.69 Å². The van der Waals surface area contributed by atoms with Crippen LogP contribution in [0.1, 0.15) is 30.9 Å². The third-order valence-corrected chi connectivity index (χ3v) is 2.91. The van der Waals surface area contributed by atoms with Gasteiger partial charge in [-0.2, -0.15) is 0 Å². The Hall–Kier alpha value is -1.44. The fourth-order valence-corrected chi connectivity index (χ4v) is 1.98. The molecule has 1 aromatic carbocycles. The van der Waals surface area contributed by atoms with E-state index >= 15 is 0 Å². The predicted octanol–water partition coefficient (Wildman–Crippen LogP) is 3.40. The Morgan fingerprint density at radius 2 is 2.13 bits per heavy atom. The molecule has 0 aliphatic rings. The Kier molecular flexibility index (Phi) is 2.67. The van der Waals surface area contributed by atoms with E-state index in [2.05, 4.69) is 31.0 Å². The number of aryl methyl sites for hydroxylation is 2. The molecule has 0 spiro atoms. The van der Waals surface area contributed by atoms with Crippen LogP contribution in [0.25, 0.3) is 10.9 Å². The smallest absolute Gasteiger partial charge is 0.0690 e. The summed E-state index contributed by atoms with van der Waals surface area (Å²) in [6.07, 6.45) is 5.60. The van der Waals surface area contributed by atoms with Gasteiger partial charge in [-0.25, -0.2) is 0 Å². The van der Waals surface area contributed by atoms with E-state index in [9.17, 15) is 0 Å². The number of unbranched alkanes of at least 4 members (excludes halogenated alkanes) is 1. The van der Waals surface area contributed by atoms with Crippen molar-refractivity contribution in [3.05, 3.63) is 29.5 Å². The molecule has 0 unspecified atom stereocenters. The van der Waals surface area contributed by atoms with Gasteiger partial charge >= 0.3 is 0 Å². The number of anilines is 1. The highest BCUT2D eigenvalue weighted by Gasteiger charge is 2.05. The highest BCUT2D eigenvalue weighted by Crippen LogP contribution is 2.25. The average Bonchev–Trinajstić information content (AvgIpc) is 2.58. The first-order chi connectivity index (χ1) is 7.22. The summed E-state index contributed by atoms with van der Waals surface area (Å²) in [5.74, 6) is 0. The molecule has 1 aromatic heterocycles. The molecule has 0 bridgehead atoms. The van der Waals surface area contributed by atoms with Crippen molar-refractivity contribution in [2.75, 3.05) is 5.73 Å². The fourth-order valence-electron chi connectivity index (χ4n) is 1.98. The molecular formula is C13H18N2. The summed E-state index contributed by atoms with van der Waals surface area (Å²) < 4.78 is 0. The van der Waals surface area contributed by atoms with Crippen LogP contribution in [-0.4, -0.2) is 4.98 Å². The second-order valence-electron chi connectivity index (χ2n) is 4.18. The van der Waals surface area contributed by atoms with Gasteiger partial charge in [0.2, 0.25) is 0 Å². The molecule has 2 nitrogen and oxygen atoms in total. The first kappa shape index (κ1) is 10.1. The number of rotatable bonds is 3. The number of nitrogens with one attached hydrogen (secondary N) is 1. The van der Waals surface area contributed by atoms with Crippen LogP contribution >= 0.6 is 0 Å². The lowest BCUT2D eigenvalue weighted by Gasteiger charge is -2.04. The number of benzene rings is 1. The first-order valence-electron chi connectivity index (χ1n) is 5.58. The number of fused-ring (bicyclic) bond motifs is 1. The Balaban J connectivity index is 2.45. The number of nitrogens with two attached hydrogens (primary N) is 1. The standard InChI is InChI=1S/C13H18N2/c1-3-4-5-10-6-11-9(2)8-15-13(11)12(14)7-10/h6-8,15H,3-5,14H2,1-2H3. The van der Waals surface area contributed by atoms with E-state index in [4.69, 9.17) is 5.73 Å². The van der Waals surface area contributed by atoms with Crippen LogP contribution in [-0.2, 0) is 6.42 Å². The van der Waals surface area contributed by atoms with Crippen molar-refractivity contribution >= 4 is 16.6 Å². The summed E-state index contributed by atoms with van der Waals surface area (Å²) in [6, 6.07) is 4.35. The van der Waals surface area contributed by atoms with Gasteiger partial charge < -0.3 is 10.7 Å². The van der Waals surface area contributed by atoms with Crippen LogP contribution < -0.4 is 5.73 Å². The molecule has 1 heterocycles. The molecule has 2 aromatic rings. The minimum Gasteiger partial charge on any atom is -0.397 e. The van der Waals surface area contributed by atoms with E-state index in [1.165, 1.54) is 29.4 Å². The topological polar surface area (TPSA) is 41.8 Å². The monoisotopic (exact) mass is 202 g/mol. The molecule has 2 heteroatoms. The van der Waals surface area contributed by atoms with Crippen molar-refractivity contribution in [1.29, 1.82) is 0 Å². The molecular weight excluding hydrogens is 184 g/mol. The van der Waals surface area contributed by atoms with E-state index in [1.54, 1.807) is 0 Å². The molecule has 0 saturated carbocycles. The zero-order valence-corrected chi connectivity index (χ0v) is 9.43. The molecule has 0 aliphatic carbocycles. The highest BCUT2D eigenvalue weighted by molar-refractivity contribution is 5.93. The van der Waals surface area contributed by atoms with Gasteiger partial charge in [0, 0.05) is 11.6 Å². The van der Waals surface area contributed by atoms with Crippen LogP contribution in [0.5, 0.6) is 0 Å². The number of aromatic amines is 1. The predicted molar refractivity (Wildman–Crippen MR) is 66.1 cm³/mol. The minimum atomic E-state index is 0.867. The number of hydrogen-bond acceptors (Lipinski definition) is 1. The third-order valence-electron chi connectivity index (χ3n) is 2.91. The van der Waals surface area contributed by atoms with Crippen LogP contribution in [0.15, 0.2) is 18.3 Å². The normalized spacial score (nSPS) is 11.1. The minimum absolute atomic E-state index is 0.867. The molecule has 0 aliphatic heterocycles. The zero-order valence-electron chi connectivity index (χ0n) is 9.43. The maximum Gasteiger partial charge on any atom is 0.0690 e. The summed E-state index contributed by atoms with van der Waals surface area (Å²) in [6.45, 7) is 4.32. The largest absolute Gasteiger partial charge is 0.397 e. The quantitative estimate of drug-likeness (QED) is 0.736. The lowest BCUT2D eigenvalue weighted by atomic mass is 10.0. The van der Waals surface area contributed by atoms with Crippen LogP contribution in [0.2, 0.25) is 0 Å². The summed E-state index contributed by atoms with van der Waals surface area (Å²) >= 11 is 0. The lowest BCUT2D eigenvalue weighted by molar-refractivity contribution is 0.796. The van der Waals surface area contributed by atoms with E-state index in [0.717, 1.165) is 17.6 Å². The van der Waals surface area contributed by atoms with Gasteiger partial charge in [-0.05, 0) is 43.0 Å². The lowest BCUT2D eigenvalue weighted by Crippen LogP contribution is -1.91. The van der Waals surface area contributed by atoms with Gasteiger partial charge in [-0.1, -0.05) is 13.3 Å². The summed E-state index contributed by atoms with van der Waals surface area (Å²) in [5.41, 5.74) is 10.6. The summed E-state index contributed by atoms with van der Waals surface area (Å²) in [7, 11) is 0. The number of H-pyrrole nitrogens is 1. The number of nitrogen functional groups attached to an aromatic ring is 1. The van der Waals surface area contributed by atoms with Gasteiger partial charge in [0.15, 0.2) is 0 Å². The summed E-state index contributed by atoms with van der Waals surface area (Å²) in [5, 5.41) is 1.26. The molecule has 0 radical (unpaired) electrons. The molecule has 0 amide bonds. The highest BCUT2D eigenvalue weighted by atomic mass is 14.7. The Bertz CT molecular complexity index is 469. The van der Waals surface area contributed by atoms with Crippen molar-refractivity contribution in [3.63, 3.8) is 0 Å². The average molecular weight is 202 g/mol. The molecule has 0 fully saturated rings. The van der Waals surface area contributed by atoms with Crippen molar-refractivity contribution in [2.45, 2.75) is 33.1 Å². The first-order valence-corrected chi connectivity index (χ1v) is 5.58. The third kappa shape index (κ3) is 1.84. The van der Waals surface area contributed by atoms with Crippen molar-refractivity contribution < 1.29 is 0 Å². The van der Waals surface area contributed by atoms with Crippen LogP contribution in [0.3, 0.4) is 0 Å². The van der Waals surface area contributed by atoms with Gasteiger partial charge in [0.25, 0.3) is 0 Å². The van der Waals surface area contributed by atoms with Crippen LogP contribution in [0, 0.1) is 6.92 Å². The SMILES string of the molecule is CCCCc1cc(N)c2[nH]cc(C)c2c1. The molecule has 3 N–H and O–H groups in total. The van der Waals surface area contributed by atoms with E-state index < -0.39 is 0 Å².